The second-order valence-corrected chi connectivity index (χ2v) is 3.98. The van der Waals surface area contributed by atoms with E-state index in [9.17, 15) is 4.79 Å². The Kier molecular flexibility index (Phi) is 6.40. The first-order valence-electron chi connectivity index (χ1n) is 6.28. The van der Waals surface area contributed by atoms with E-state index in [-0.39, 0.29) is 5.97 Å². The molecule has 96 valence electrons. The van der Waals surface area contributed by atoms with Crippen molar-refractivity contribution in [3.8, 4) is 0 Å². The lowest BCUT2D eigenvalue weighted by molar-refractivity contribution is -0.144. The maximum atomic E-state index is 11.5. The zero-order valence-corrected chi connectivity index (χ0v) is 10.7. The predicted octanol–water partition coefficient (Wildman–Crippen LogP) is 1.94. The van der Waals surface area contributed by atoms with Crippen LogP contribution in [-0.4, -0.2) is 23.7 Å². The summed E-state index contributed by atoms with van der Waals surface area (Å²) in [4.78, 5) is 11.5. The van der Waals surface area contributed by atoms with Gasteiger partial charge in [-0.15, -0.1) is 0 Å². The Hall–Kier alpha value is -1.29. The van der Waals surface area contributed by atoms with Crippen LogP contribution in [0, 0.1) is 0 Å². The number of carbonyl (C=O) groups is 1. The molecule has 4 nitrogen and oxygen atoms in total. The summed E-state index contributed by atoms with van der Waals surface area (Å²) in [6.45, 7) is 6.68. The van der Waals surface area contributed by atoms with E-state index in [0.717, 1.165) is 31.6 Å². The number of esters is 1. The van der Waals surface area contributed by atoms with Crippen LogP contribution in [0.3, 0.4) is 0 Å². The Morgan fingerprint density at radius 3 is 3.00 bits per heavy atom. The maximum absolute atomic E-state index is 11.5. The van der Waals surface area contributed by atoms with Crippen LogP contribution >= 0.6 is 0 Å². The largest absolute Gasteiger partial charge is 0.464 e. The number of aromatic nitrogens is 1. The summed E-state index contributed by atoms with van der Waals surface area (Å²) in [6, 6.07) is 3.97. The summed E-state index contributed by atoms with van der Waals surface area (Å²) >= 11 is 0. The lowest BCUT2D eigenvalue weighted by Crippen LogP contribution is -2.19. The SMILES string of the molecule is CCCCOC(=O)Cn1cccc1CNCC. The fourth-order valence-corrected chi connectivity index (χ4v) is 1.53. The molecule has 0 aromatic carbocycles. The molecule has 0 fully saturated rings. The lowest BCUT2D eigenvalue weighted by atomic mass is 10.4. The average Bonchev–Trinajstić information content (AvgIpc) is 2.74. The number of hydrogen-bond acceptors (Lipinski definition) is 3. The molecule has 0 spiro atoms. The molecule has 1 heterocycles. The topological polar surface area (TPSA) is 43.3 Å². The molecule has 1 N–H and O–H groups in total. The monoisotopic (exact) mass is 238 g/mol. The Balaban J connectivity index is 2.39. The molecule has 0 saturated heterocycles. The normalized spacial score (nSPS) is 10.5. The number of nitrogens with zero attached hydrogens (tertiary/aromatic N) is 1. The Morgan fingerprint density at radius 2 is 2.29 bits per heavy atom. The van der Waals surface area contributed by atoms with Crippen LogP contribution in [0.15, 0.2) is 18.3 Å². The van der Waals surface area contributed by atoms with E-state index < -0.39 is 0 Å². The molecule has 4 heteroatoms. The third kappa shape index (κ3) is 5.04. The van der Waals surface area contributed by atoms with Gasteiger partial charge in [0.25, 0.3) is 0 Å². The number of nitrogens with one attached hydrogen (secondary N) is 1. The van der Waals surface area contributed by atoms with Crippen LogP contribution in [0.1, 0.15) is 32.4 Å². The second-order valence-electron chi connectivity index (χ2n) is 3.98. The zero-order valence-electron chi connectivity index (χ0n) is 10.7. The summed E-state index contributed by atoms with van der Waals surface area (Å²) in [5, 5.41) is 3.24. The van der Waals surface area contributed by atoms with Crippen molar-refractivity contribution < 1.29 is 9.53 Å². The number of rotatable bonds is 8. The van der Waals surface area contributed by atoms with Crippen LogP contribution in [0.5, 0.6) is 0 Å². The van der Waals surface area contributed by atoms with Gasteiger partial charge in [-0.25, -0.2) is 0 Å². The van der Waals surface area contributed by atoms with Gasteiger partial charge in [0.1, 0.15) is 6.54 Å². The summed E-state index contributed by atoms with van der Waals surface area (Å²) in [5.41, 5.74) is 1.11. The van der Waals surface area contributed by atoms with E-state index in [2.05, 4.69) is 19.2 Å². The van der Waals surface area contributed by atoms with Crippen LogP contribution in [0.25, 0.3) is 0 Å². The third-order valence-electron chi connectivity index (χ3n) is 2.54. The highest BCUT2D eigenvalue weighted by Gasteiger charge is 2.06. The predicted molar refractivity (Wildman–Crippen MR) is 67.7 cm³/mol. The fraction of sp³-hybridized carbons (Fsp3) is 0.615. The Labute approximate surface area is 103 Å². The molecule has 0 atom stereocenters. The van der Waals surface area contributed by atoms with Crippen molar-refractivity contribution >= 4 is 5.97 Å². The highest BCUT2D eigenvalue weighted by Crippen LogP contribution is 2.03. The van der Waals surface area contributed by atoms with Crippen molar-refractivity contribution in [1.29, 1.82) is 0 Å². The van der Waals surface area contributed by atoms with E-state index in [0.29, 0.717) is 13.2 Å². The summed E-state index contributed by atoms with van der Waals surface area (Å²) in [7, 11) is 0. The minimum absolute atomic E-state index is 0.160. The molecule has 1 aromatic rings. The first-order valence-corrected chi connectivity index (χ1v) is 6.28. The van der Waals surface area contributed by atoms with Crippen LogP contribution < -0.4 is 5.32 Å². The van der Waals surface area contributed by atoms with E-state index >= 15 is 0 Å². The standard InChI is InChI=1S/C13H22N2O2/c1-3-5-9-17-13(16)11-15-8-6-7-12(15)10-14-4-2/h6-8,14H,3-5,9-11H2,1-2H3. The molecule has 17 heavy (non-hydrogen) atoms. The molecule has 0 radical (unpaired) electrons. The van der Waals surface area contributed by atoms with Gasteiger partial charge in [-0.05, 0) is 25.1 Å². The van der Waals surface area contributed by atoms with Crippen molar-refractivity contribution in [2.45, 2.75) is 39.8 Å². The van der Waals surface area contributed by atoms with Crippen LogP contribution in [-0.2, 0) is 22.6 Å². The van der Waals surface area contributed by atoms with Gasteiger partial charge in [0.05, 0.1) is 6.61 Å². The quantitative estimate of drug-likeness (QED) is 0.556. The number of carbonyl (C=O) groups excluding carboxylic acids is 1. The molecule has 0 saturated carbocycles. The molecule has 1 rings (SSSR count). The average molecular weight is 238 g/mol. The van der Waals surface area contributed by atoms with Gasteiger partial charge in [0, 0.05) is 18.4 Å². The second kappa shape index (κ2) is 7.90. The lowest BCUT2D eigenvalue weighted by Gasteiger charge is -2.09. The molecule has 0 aliphatic carbocycles. The van der Waals surface area contributed by atoms with Crippen molar-refractivity contribution in [3.05, 3.63) is 24.0 Å². The van der Waals surface area contributed by atoms with E-state index in [1.54, 1.807) is 0 Å². The van der Waals surface area contributed by atoms with Gasteiger partial charge in [-0.2, -0.15) is 0 Å². The molecule has 0 amide bonds. The van der Waals surface area contributed by atoms with E-state index in [1.807, 2.05) is 22.9 Å². The molecule has 0 aliphatic heterocycles. The van der Waals surface area contributed by atoms with Crippen molar-refractivity contribution in [2.24, 2.45) is 0 Å². The van der Waals surface area contributed by atoms with Crippen molar-refractivity contribution in [1.82, 2.24) is 9.88 Å². The first kappa shape index (κ1) is 13.8. The molecule has 0 aliphatic rings. The minimum Gasteiger partial charge on any atom is -0.464 e. The molecule has 0 bridgehead atoms. The number of unbranched alkanes of at least 4 members (excludes halogenated alkanes) is 1. The molecular weight excluding hydrogens is 216 g/mol. The summed E-state index contributed by atoms with van der Waals surface area (Å²) in [6.07, 6.45) is 3.89. The van der Waals surface area contributed by atoms with E-state index in [4.69, 9.17) is 4.74 Å². The summed E-state index contributed by atoms with van der Waals surface area (Å²) < 4.78 is 7.06. The van der Waals surface area contributed by atoms with Gasteiger partial charge in [-0.3, -0.25) is 4.79 Å². The number of hydrogen-bond donors (Lipinski definition) is 1. The summed E-state index contributed by atoms with van der Waals surface area (Å²) in [5.74, 6) is -0.160. The Bertz CT molecular complexity index is 334. The van der Waals surface area contributed by atoms with Gasteiger partial charge in [0.2, 0.25) is 0 Å². The fourth-order valence-electron chi connectivity index (χ4n) is 1.53. The first-order chi connectivity index (χ1) is 8.27. The zero-order chi connectivity index (χ0) is 12.5. The van der Waals surface area contributed by atoms with Gasteiger partial charge in [0.15, 0.2) is 0 Å². The number of ether oxygens (including phenoxy) is 1. The highest BCUT2D eigenvalue weighted by atomic mass is 16.5. The van der Waals surface area contributed by atoms with Crippen LogP contribution in [0.2, 0.25) is 0 Å². The third-order valence-corrected chi connectivity index (χ3v) is 2.54. The Morgan fingerprint density at radius 1 is 1.47 bits per heavy atom. The van der Waals surface area contributed by atoms with Gasteiger partial charge in [-0.1, -0.05) is 20.3 Å². The highest BCUT2D eigenvalue weighted by molar-refractivity contribution is 5.69. The van der Waals surface area contributed by atoms with E-state index in [1.165, 1.54) is 0 Å². The van der Waals surface area contributed by atoms with Crippen LogP contribution in [0.4, 0.5) is 0 Å². The smallest absolute Gasteiger partial charge is 0.325 e. The van der Waals surface area contributed by atoms with Gasteiger partial charge >= 0.3 is 5.97 Å². The molecular formula is C13H22N2O2. The maximum Gasteiger partial charge on any atom is 0.325 e. The van der Waals surface area contributed by atoms with Crippen molar-refractivity contribution in [3.63, 3.8) is 0 Å². The van der Waals surface area contributed by atoms with Gasteiger partial charge < -0.3 is 14.6 Å². The molecule has 1 aromatic heterocycles. The molecule has 0 unspecified atom stereocenters. The van der Waals surface area contributed by atoms with Crippen molar-refractivity contribution in [2.75, 3.05) is 13.2 Å². The minimum atomic E-state index is -0.160.